The van der Waals surface area contributed by atoms with E-state index in [1.807, 2.05) is 26.0 Å². The first-order valence-electron chi connectivity index (χ1n) is 4.93. The summed E-state index contributed by atoms with van der Waals surface area (Å²) in [6.45, 7) is 6.86. The highest BCUT2D eigenvalue weighted by Crippen LogP contribution is 2.30. The van der Waals surface area contributed by atoms with Crippen LogP contribution < -0.4 is 4.74 Å². The fourth-order valence-corrected chi connectivity index (χ4v) is 2.04. The van der Waals surface area contributed by atoms with Crippen LogP contribution in [0.5, 0.6) is 5.75 Å². The Morgan fingerprint density at radius 3 is 2.12 bits per heavy atom. The molecular formula is C12H15BrO3. The molecule has 0 saturated heterocycles. The second kappa shape index (κ2) is 4.45. The first kappa shape index (κ1) is 13.0. The van der Waals surface area contributed by atoms with Gasteiger partial charge in [-0.2, -0.15) is 0 Å². The van der Waals surface area contributed by atoms with Gasteiger partial charge in [-0.05, 0) is 51.0 Å². The Bertz CT molecular complexity index is 401. The van der Waals surface area contributed by atoms with Gasteiger partial charge in [0.2, 0.25) is 0 Å². The summed E-state index contributed by atoms with van der Waals surface area (Å²) in [7, 11) is 0. The minimum Gasteiger partial charge on any atom is -0.478 e. The third-order valence-corrected chi connectivity index (χ3v) is 2.76. The maximum Gasteiger partial charge on any atom is 0.347 e. The number of aliphatic carboxylic acids is 1. The first-order valence-corrected chi connectivity index (χ1v) is 5.72. The van der Waals surface area contributed by atoms with E-state index in [-0.39, 0.29) is 0 Å². The second-order valence-electron chi connectivity index (χ2n) is 4.29. The van der Waals surface area contributed by atoms with Gasteiger partial charge in [0.1, 0.15) is 5.75 Å². The van der Waals surface area contributed by atoms with Crippen LogP contribution in [-0.2, 0) is 4.79 Å². The molecule has 3 nitrogen and oxygen atoms in total. The van der Waals surface area contributed by atoms with Crippen molar-refractivity contribution >= 4 is 21.9 Å². The lowest BCUT2D eigenvalue weighted by Gasteiger charge is -2.24. The Morgan fingerprint density at radius 2 is 1.75 bits per heavy atom. The van der Waals surface area contributed by atoms with Gasteiger partial charge in [-0.25, -0.2) is 4.79 Å². The number of carbonyl (C=O) groups is 1. The predicted molar refractivity (Wildman–Crippen MR) is 66.0 cm³/mol. The maximum absolute atomic E-state index is 11.0. The van der Waals surface area contributed by atoms with Gasteiger partial charge in [0.05, 0.1) is 0 Å². The molecule has 0 heterocycles. The van der Waals surface area contributed by atoms with E-state index in [1.165, 1.54) is 13.8 Å². The molecule has 1 aromatic carbocycles. The van der Waals surface area contributed by atoms with Crippen molar-refractivity contribution in [2.24, 2.45) is 0 Å². The Morgan fingerprint density at radius 1 is 1.31 bits per heavy atom. The molecule has 0 saturated carbocycles. The summed E-state index contributed by atoms with van der Waals surface area (Å²) in [5.41, 5.74) is 0.617. The van der Waals surface area contributed by atoms with E-state index in [1.54, 1.807) is 0 Å². The number of halogens is 1. The number of carboxylic acid groups (broad SMARTS) is 1. The van der Waals surface area contributed by atoms with Crippen molar-refractivity contribution in [2.75, 3.05) is 0 Å². The van der Waals surface area contributed by atoms with Crippen LogP contribution in [0.4, 0.5) is 0 Å². The monoisotopic (exact) mass is 286 g/mol. The van der Waals surface area contributed by atoms with E-state index in [9.17, 15) is 4.79 Å². The number of aryl methyl sites for hydroxylation is 2. The zero-order valence-electron chi connectivity index (χ0n) is 9.80. The molecule has 88 valence electrons. The summed E-state index contributed by atoms with van der Waals surface area (Å²) in [5, 5.41) is 9.00. The summed E-state index contributed by atoms with van der Waals surface area (Å²) >= 11 is 3.38. The van der Waals surface area contributed by atoms with Crippen LogP contribution in [0, 0.1) is 13.8 Å². The van der Waals surface area contributed by atoms with E-state index in [0.717, 1.165) is 15.6 Å². The average Bonchev–Trinajstić information content (AvgIpc) is 2.11. The standard InChI is InChI=1S/C12H15BrO3/c1-7-5-9(13)6-8(2)10(7)16-12(3,4)11(14)15/h5-6H,1-4H3,(H,14,15). The van der Waals surface area contributed by atoms with E-state index in [0.29, 0.717) is 5.75 Å². The summed E-state index contributed by atoms with van der Waals surface area (Å²) in [6.07, 6.45) is 0. The Balaban J connectivity index is 3.11. The van der Waals surface area contributed by atoms with Crippen LogP contribution in [0.2, 0.25) is 0 Å². The van der Waals surface area contributed by atoms with Crippen LogP contribution in [-0.4, -0.2) is 16.7 Å². The largest absolute Gasteiger partial charge is 0.478 e. The smallest absolute Gasteiger partial charge is 0.347 e. The van der Waals surface area contributed by atoms with Gasteiger partial charge in [0.25, 0.3) is 0 Å². The highest BCUT2D eigenvalue weighted by Gasteiger charge is 2.30. The number of benzene rings is 1. The van der Waals surface area contributed by atoms with E-state index in [4.69, 9.17) is 9.84 Å². The Labute approximate surface area is 104 Å². The molecule has 4 heteroatoms. The fraction of sp³-hybridized carbons (Fsp3) is 0.417. The molecule has 0 fully saturated rings. The normalized spacial score (nSPS) is 11.3. The van der Waals surface area contributed by atoms with Gasteiger partial charge in [0, 0.05) is 4.47 Å². The van der Waals surface area contributed by atoms with Gasteiger partial charge in [-0.15, -0.1) is 0 Å². The molecule has 1 rings (SSSR count). The topological polar surface area (TPSA) is 46.5 Å². The molecule has 0 aliphatic carbocycles. The van der Waals surface area contributed by atoms with Crippen LogP contribution in [0.15, 0.2) is 16.6 Å². The molecule has 0 bridgehead atoms. The van der Waals surface area contributed by atoms with E-state index >= 15 is 0 Å². The molecule has 0 amide bonds. The maximum atomic E-state index is 11.0. The summed E-state index contributed by atoms with van der Waals surface area (Å²) in [5.74, 6) is -0.343. The van der Waals surface area contributed by atoms with Crippen molar-refractivity contribution in [3.05, 3.63) is 27.7 Å². The minimum atomic E-state index is -1.22. The van der Waals surface area contributed by atoms with E-state index in [2.05, 4.69) is 15.9 Å². The lowest BCUT2D eigenvalue weighted by molar-refractivity contribution is -0.152. The molecule has 0 aromatic heterocycles. The van der Waals surface area contributed by atoms with Crippen molar-refractivity contribution in [1.29, 1.82) is 0 Å². The van der Waals surface area contributed by atoms with Gasteiger partial charge in [-0.1, -0.05) is 15.9 Å². The van der Waals surface area contributed by atoms with Crippen molar-refractivity contribution in [3.8, 4) is 5.75 Å². The zero-order valence-corrected chi connectivity index (χ0v) is 11.4. The second-order valence-corrected chi connectivity index (χ2v) is 5.20. The molecule has 0 atom stereocenters. The Kier molecular flexibility index (Phi) is 3.63. The predicted octanol–water partition coefficient (Wildman–Crippen LogP) is 3.31. The quantitative estimate of drug-likeness (QED) is 0.927. The van der Waals surface area contributed by atoms with Crippen LogP contribution in [0.25, 0.3) is 0 Å². The van der Waals surface area contributed by atoms with Gasteiger partial charge in [0.15, 0.2) is 5.60 Å². The lowest BCUT2D eigenvalue weighted by Crippen LogP contribution is -2.38. The molecule has 0 aliphatic heterocycles. The first-order chi connectivity index (χ1) is 7.24. The number of carboxylic acids is 1. The lowest BCUT2D eigenvalue weighted by atomic mass is 10.1. The zero-order chi connectivity index (χ0) is 12.5. The number of rotatable bonds is 3. The molecule has 0 aliphatic rings. The van der Waals surface area contributed by atoms with Crippen LogP contribution in [0.1, 0.15) is 25.0 Å². The molecule has 1 aromatic rings. The number of hydrogen-bond donors (Lipinski definition) is 1. The van der Waals surface area contributed by atoms with Gasteiger partial charge < -0.3 is 9.84 Å². The summed E-state index contributed by atoms with van der Waals surface area (Å²) in [4.78, 5) is 11.0. The van der Waals surface area contributed by atoms with Crippen LogP contribution in [0.3, 0.4) is 0 Å². The fourth-order valence-electron chi connectivity index (χ4n) is 1.36. The van der Waals surface area contributed by atoms with E-state index < -0.39 is 11.6 Å². The number of ether oxygens (including phenoxy) is 1. The van der Waals surface area contributed by atoms with Crippen molar-refractivity contribution < 1.29 is 14.6 Å². The molecule has 0 radical (unpaired) electrons. The minimum absolute atomic E-state index is 0.635. The van der Waals surface area contributed by atoms with Crippen molar-refractivity contribution in [2.45, 2.75) is 33.3 Å². The SMILES string of the molecule is Cc1cc(Br)cc(C)c1OC(C)(C)C(=O)O. The summed E-state index contributed by atoms with van der Waals surface area (Å²) in [6, 6.07) is 3.81. The summed E-state index contributed by atoms with van der Waals surface area (Å²) < 4.78 is 6.52. The number of hydrogen-bond acceptors (Lipinski definition) is 2. The molecule has 1 N–H and O–H groups in total. The van der Waals surface area contributed by atoms with Crippen LogP contribution >= 0.6 is 15.9 Å². The average molecular weight is 287 g/mol. The molecule has 16 heavy (non-hydrogen) atoms. The highest BCUT2D eigenvalue weighted by atomic mass is 79.9. The third-order valence-electron chi connectivity index (χ3n) is 2.30. The molecular weight excluding hydrogens is 272 g/mol. The molecule has 0 unspecified atom stereocenters. The third kappa shape index (κ3) is 2.76. The molecule has 0 spiro atoms. The van der Waals surface area contributed by atoms with Gasteiger partial charge >= 0.3 is 5.97 Å². The van der Waals surface area contributed by atoms with Crippen molar-refractivity contribution in [3.63, 3.8) is 0 Å². The van der Waals surface area contributed by atoms with Gasteiger partial charge in [-0.3, -0.25) is 0 Å². The highest BCUT2D eigenvalue weighted by molar-refractivity contribution is 9.10. The van der Waals surface area contributed by atoms with Crippen molar-refractivity contribution in [1.82, 2.24) is 0 Å². The Hall–Kier alpha value is -1.03.